The van der Waals surface area contributed by atoms with Gasteiger partial charge in [-0.3, -0.25) is 9.69 Å². The topological polar surface area (TPSA) is 58.4 Å². The van der Waals surface area contributed by atoms with Gasteiger partial charge >= 0.3 is 5.97 Å². The van der Waals surface area contributed by atoms with Crippen LogP contribution in [0.2, 0.25) is 0 Å². The van der Waals surface area contributed by atoms with E-state index < -0.39 is 12.0 Å². The molecule has 1 aliphatic rings. The molecule has 1 fully saturated rings. The van der Waals surface area contributed by atoms with Crippen LogP contribution in [-0.4, -0.2) is 38.6 Å². The number of hydrogen-bond donors (Lipinski definition) is 1. The SMILES string of the molecule is CCCn1cncc1C(C(=O)O)N1CCCCC1. The minimum Gasteiger partial charge on any atom is -0.480 e. The second-order valence-corrected chi connectivity index (χ2v) is 4.85. The standard InChI is InChI=1S/C13H21N3O2/c1-2-6-16-10-14-9-11(16)12(13(17)18)15-7-4-3-5-8-15/h9-10,12H,2-8H2,1H3,(H,17,18). The molecule has 0 bridgehead atoms. The Morgan fingerprint density at radius 1 is 1.44 bits per heavy atom. The normalized spacial score (nSPS) is 18.7. The maximum atomic E-state index is 11.6. The number of aromatic nitrogens is 2. The average Bonchev–Trinajstić information content (AvgIpc) is 2.79. The molecule has 100 valence electrons. The van der Waals surface area contributed by atoms with E-state index in [2.05, 4.69) is 16.8 Å². The third kappa shape index (κ3) is 2.72. The number of carbonyl (C=O) groups is 1. The lowest BCUT2D eigenvalue weighted by Crippen LogP contribution is -2.38. The predicted octanol–water partition coefficient (Wildman–Crippen LogP) is 1.90. The summed E-state index contributed by atoms with van der Waals surface area (Å²) in [7, 11) is 0. The van der Waals surface area contributed by atoms with E-state index in [1.165, 1.54) is 6.42 Å². The first-order chi connectivity index (χ1) is 8.74. The second kappa shape index (κ2) is 6.00. The van der Waals surface area contributed by atoms with Crippen LogP contribution in [0, 0.1) is 0 Å². The Bertz CT molecular complexity index is 397. The van der Waals surface area contributed by atoms with Crippen LogP contribution >= 0.6 is 0 Å². The highest BCUT2D eigenvalue weighted by atomic mass is 16.4. The van der Waals surface area contributed by atoms with Gasteiger partial charge in [0.1, 0.15) is 0 Å². The Morgan fingerprint density at radius 2 is 2.17 bits per heavy atom. The van der Waals surface area contributed by atoms with E-state index in [1.807, 2.05) is 4.57 Å². The zero-order valence-corrected chi connectivity index (χ0v) is 10.9. The molecule has 0 aromatic carbocycles. The van der Waals surface area contributed by atoms with Gasteiger partial charge < -0.3 is 9.67 Å². The first-order valence-electron chi connectivity index (χ1n) is 6.71. The van der Waals surface area contributed by atoms with Crippen molar-refractivity contribution in [3.05, 3.63) is 18.2 Å². The number of aryl methyl sites for hydroxylation is 1. The molecule has 1 aliphatic heterocycles. The maximum absolute atomic E-state index is 11.6. The number of carboxylic acids is 1. The van der Waals surface area contributed by atoms with Gasteiger partial charge in [-0.25, -0.2) is 4.98 Å². The van der Waals surface area contributed by atoms with E-state index in [1.54, 1.807) is 12.5 Å². The van der Waals surface area contributed by atoms with Crippen LogP contribution in [0.4, 0.5) is 0 Å². The summed E-state index contributed by atoms with van der Waals surface area (Å²) in [6.45, 7) is 4.65. The molecule has 1 aromatic heterocycles. The summed E-state index contributed by atoms with van der Waals surface area (Å²) in [5.41, 5.74) is 0.811. The monoisotopic (exact) mass is 251 g/mol. The number of piperidine rings is 1. The van der Waals surface area contributed by atoms with E-state index in [0.29, 0.717) is 0 Å². The molecular formula is C13H21N3O2. The van der Waals surface area contributed by atoms with Crippen LogP contribution < -0.4 is 0 Å². The predicted molar refractivity (Wildman–Crippen MR) is 68.3 cm³/mol. The number of likely N-dealkylation sites (tertiary alicyclic amines) is 1. The molecule has 18 heavy (non-hydrogen) atoms. The van der Waals surface area contributed by atoms with Crippen LogP contribution in [0.25, 0.3) is 0 Å². The molecule has 5 heteroatoms. The van der Waals surface area contributed by atoms with Gasteiger partial charge in [-0.2, -0.15) is 0 Å². The highest BCUT2D eigenvalue weighted by Crippen LogP contribution is 2.25. The number of nitrogens with zero attached hydrogens (tertiary/aromatic N) is 3. The van der Waals surface area contributed by atoms with Crippen molar-refractivity contribution in [2.75, 3.05) is 13.1 Å². The van der Waals surface area contributed by atoms with Gasteiger partial charge in [0, 0.05) is 6.54 Å². The number of imidazole rings is 1. The zero-order valence-electron chi connectivity index (χ0n) is 10.9. The molecule has 0 aliphatic carbocycles. The first kappa shape index (κ1) is 13.1. The van der Waals surface area contributed by atoms with Gasteiger partial charge in [0.15, 0.2) is 6.04 Å². The summed E-state index contributed by atoms with van der Waals surface area (Å²) in [4.78, 5) is 17.7. The summed E-state index contributed by atoms with van der Waals surface area (Å²) in [6.07, 6.45) is 7.80. The van der Waals surface area contributed by atoms with Gasteiger partial charge in [-0.1, -0.05) is 13.3 Å². The lowest BCUT2D eigenvalue weighted by molar-refractivity contribution is -0.144. The number of aliphatic carboxylic acids is 1. The molecule has 2 rings (SSSR count). The Morgan fingerprint density at radius 3 is 2.78 bits per heavy atom. The Labute approximate surface area is 107 Å². The van der Waals surface area contributed by atoms with Gasteiger partial charge in [0.2, 0.25) is 0 Å². The minimum atomic E-state index is -0.769. The first-order valence-corrected chi connectivity index (χ1v) is 6.71. The average molecular weight is 251 g/mol. The molecule has 0 spiro atoms. The van der Waals surface area contributed by atoms with Crippen LogP contribution in [0.3, 0.4) is 0 Å². The molecular weight excluding hydrogens is 230 g/mol. The molecule has 0 radical (unpaired) electrons. The summed E-state index contributed by atoms with van der Waals surface area (Å²) < 4.78 is 1.97. The number of hydrogen-bond acceptors (Lipinski definition) is 3. The lowest BCUT2D eigenvalue weighted by Gasteiger charge is -2.32. The highest BCUT2D eigenvalue weighted by Gasteiger charge is 2.30. The van der Waals surface area contributed by atoms with Crippen molar-refractivity contribution in [3.8, 4) is 0 Å². The molecule has 1 unspecified atom stereocenters. The second-order valence-electron chi connectivity index (χ2n) is 4.85. The molecule has 1 aromatic rings. The minimum absolute atomic E-state index is 0.542. The van der Waals surface area contributed by atoms with Crippen molar-refractivity contribution >= 4 is 5.97 Å². The van der Waals surface area contributed by atoms with E-state index >= 15 is 0 Å². The molecule has 0 amide bonds. The number of rotatable bonds is 5. The van der Waals surface area contributed by atoms with Gasteiger partial charge in [-0.15, -0.1) is 0 Å². The molecule has 0 saturated carbocycles. The maximum Gasteiger partial charge on any atom is 0.327 e. The van der Waals surface area contributed by atoms with Gasteiger partial charge in [-0.05, 0) is 32.4 Å². The summed E-state index contributed by atoms with van der Waals surface area (Å²) >= 11 is 0. The summed E-state index contributed by atoms with van der Waals surface area (Å²) in [5, 5.41) is 9.51. The Kier molecular flexibility index (Phi) is 4.36. The smallest absolute Gasteiger partial charge is 0.327 e. The molecule has 1 atom stereocenters. The molecule has 1 N–H and O–H groups in total. The van der Waals surface area contributed by atoms with Crippen molar-refractivity contribution in [2.24, 2.45) is 0 Å². The lowest BCUT2D eigenvalue weighted by atomic mass is 10.1. The third-order valence-corrected chi connectivity index (χ3v) is 3.48. The van der Waals surface area contributed by atoms with Crippen molar-refractivity contribution in [1.29, 1.82) is 0 Å². The quantitative estimate of drug-likeness (QED) is 0.868. The van der Waals surface area contributed by atoms with Gasteiger partial charge in [0.25, 0.3) is 0 Å². The van der Waals surface area contributed by atoms with Crippen molar-refractivity contribution in [1.82, 2.24) is 14.5 Å². The number of carboxylic acid groups (broad SMARTS) is 1. The summed E-state index contributed by atoms with van der Waals surface area (Å²) in [6, 6.07) is -0.542. The fourth-order valence-corrected chi connectivity index (χ4v) is 2.63. The van der Waals surface area contributed by atoms with E-state index in [0.717, 1.165) is 44.6 Å². The highest BCUT2D eigenvalue weighted by molar-refractivity contribution is 5.74. The van der Waals surface area contributed by atoms with E-state index in [-0.39, 0.29) is 0 Å². The fraction of sp³-hybridized carbons (Fsp3) is 0.692. The van der Waals surface area contributed by atoms with Crippen LogP contribution in [0.5, 0.6) is 0 Å². The Balaban J connectivity index is 2.23. The largest absolute Gasteiger partial charge is 0.480 e. The fourth-order valence-electron chi connectivity index (χ4n) is 2.63. The van der Waals surface area contributed by atoms with Crippen molar-refractivity contribution in [3.63, 3.8) is 0 Å². The van der Waals surface area contributed by atoms with Gasteiger partial charge in [0.05, 0.1) is 18.2 Å². The molecule has 1 saturated heterocycles. The molecule has 5 nitrogen and oxygen atoms in total. The zero-order chi connectivity index (χ0) is 13.0. The Hall–Kier alpha value is -1.36. The van der Waals surface area contributed by atoms with Crippen molar-refractivity contribution < 1.29 is 9.90 Å². The van der Waals surface area contributed by atoms with Crippen LogP contribution in [-0.2, 0) is 11.3 Å². The summed E-state index contributed by atoms with van der Waals surface area (Å²) in [5.74, 6) is -0.769. The third-order valence-electron chi connectivity index (χ3n) is 3.48. The van der Waals surface area contributed by atoms with E-state index in [9.17, 15) is 9.90 Å². The van der Waals surface area contributed by atoms with Crippen LogP contribution in [0.15, 0.2) is 12.5 Å². The van der Waals surface area contributed by atoms with E-state index in [4.69, 9.17) is 0 Å². The van der Waals surface area contributed by atoms with Crippen LogP contribution in [0.1, 0.15) is 44.3 Å². The van der Waals surface area contributed by atoms with Crippen molar-refractivity contribution in [2.45, 2.75) is 45.2 Å². The molecule has 2 heterocycles.